The van der Waals surface area contributed by atoms with Crippen LogP contribution in [0.3, 0.4) is 0 Å². The molecule has 1 unspecified atom stereocenters. The first-order valence-corrected chi connectivity index (χ1v) is 6.92. The van der Waals surface area contributed by atoms with E-state index in [0.717, 1.165) is 33.4 Å². The maximum Gasteiger partial charge on any atom is 0.138 e. The largest absolute Gasteiger partial charge is 0.496 e. The van der Waals surface area contributed by atoms with Crippen molar-refractivity contribution in [2.24, 2.45) is 0 Å². The molecule has 0 saturated heterocycles. The van der Waals surface area contributed by atoms with Gasteiger partial charge in [0.15, 0.2) is 0 Å². The second-order valence-corrected chi connectivity index (χ2v) is 5.27. The Labute approximate surface area is 123 Å². The number of rotatable bonds is 3. The summed E-state index contributed by atoms with van der Waals surface area (Å²) in [4.78, 5) is 0. The van der Waals surface area contributed by atoms with Crippen LogP contribution >= 0.6 is 0 Å². The summed E-state index contributed by atoms with van der Waals surface area (Å²) >= 11 is 0. The van der Waals surface area contributed by atoms with E-state index >= 15 is 0 Å². The van der Waals surface area contributed by atoms with E-state index in [0.29, 0.717) is 5.76 Å². The normalized spacial score (nSPS) is 12.6. The molecule has 0 bridgehead atoms. The molecule has 0 spiro atoms. The zero-order valence-electron chi connectivity index (χ0n) is 12.4. The van der Waals surface area contributed by atoms with Crippen LogP contribution in [0.1, 0.15) is 28.6 Å². The van der Waals surface area contributed by atoms with Gasteiger partial charge in [-0.05, 0) is 42.7 Å². The van der Waals surface area contributed by atoms with Crippen molar-refractivity contribution < 1.29 is 14.3 Å². The molecule has 3 nitrogen and oxygen atoms in total. The molecular weight excluding hydrogens is 264 g/mol. The van der Waals surface area contributed by atoms with Crippen molar-refractivity contribution in [1.29, 1.82) is 0 Å². The molecule has 0 aliphatic carbocycles. The number of furan rings is 1. The lowest BCUT2D eigenvalue weighted by molar-refractivity contribution is 0.192. The van der Waals surface area contributed by atoms with Crippen LogP contribution in [-0.4, -0.2) is 12.2 Å². The number of aliphatic hydroxyl groups excluding tert-OH is 1. The van der Waals surface area contributed by atoms with Gasteiger partial charge in [-0.1, -0.05) is 30.3 Å². The number of hydrogen-bond acceptors (Lipinski definition) is 3. The molecule has 3 rings (SSSR count). The minimum absolute atomic E-state index is 0.546. The summed E-state index contributed by atoms with van der Waals surface area (Å²) in [5, 5.41) is 11.5. The van der Waals surface area contributed by atoms with Gasteiger partial charge in [0.1, 0.15) is 23.2 Å². The number of aliphatic hydroxyl groups is 1. The highest BCUT2D eigenvalue weighted by atomic mass is 16.5. The Morgan fingerprint density at radius 1 is 1.05 bits per heavy atom. The first-order valence-electron chi connectivity index (χ1n) is 6.92. The summed E-state index contributed by atoms with van der Waals surface area (Å²) in [6.07, 6.45) is -0.800. The van der Waals surface area contributed by atoms with E-state index < -0.39 is 6.10 Å². The molecule has 1 N–H and O–H groups in total. The summed E-state index contributed by atoms with van der Waals surface area (Å²) in [5.41, 5.74) is 3.68. The zero-order chi connectivity index (χ0) is 15.0. The first kappa shape index (κ1) is 13.7. The second-order valence-electron chi connectivity index (χ2n) is 5.27. The number of aryl methyl sites for hydroxylation is 2. The molecule has 3 heteroatoms. The van der Waals surface area contributed by atoms with Crippen LogP contribution < -0.4 is 4.74 Å². The van der Waals surface area contributed by atoms with Gasteiger partial charge < -0.3 is 14.3 Å². The quantitative estimate of drug-likeness (QED) is 0.785. The molecule has 1 atom stereocenters. The number of ether oxygens (including phenoxy) is 1. The van der Waals surface area contributed by atoms with E-state index in [4.69, 9.17) is 9.15 Å². The molecule has 21 heavy (non-hydrogen) atoms. The fourth-order valence-corrected chi connectivity index (χ4v) is 2.53. The molecule has 0 amide bonds. The monoisotopic (exact) mass is 282 g/mol. The number of para-hydroxylation sites is 1. The van der Waals surface area contributed by atoms with Crippen LogP contribution in [0.4, 0.5) is 0 Å². The summed E-state index contributed by atoms with van der Waals surface area (Å²) in [6.45, 7) is 3.97. The van der Waals surface area contributed by atoms with E-state index in [1.807, 2.05) is 56.3 Å². The average molecular weight is 282 g/mol. The minimum Gasteiger partial charge on any atom is -0.496 e. The molecular formula is C18H18O3. The Bertz CT molecular complexity index is 786. The SMILES string of the molecule is COc1cc(C(O)c2cc3cccc(C)c3o2)ccc1C. The molecule has 2 aromatic carbocycles. The number of fused-ring (bicyclic) bond motifs is 1. The van der Waals surface area contributed by atoms with Crippen molar-refractivity contribution in [3.05, 3.63) is 64.9 Å². The summed E-state index contributed by atoms with van der Waals surface area (Å²) in [7, 11) is 1.63. The van der Waals surface area contributed by atoms with Crippen LogP contribution in [0, 0.1) is 13.8 Å². The molecule has 0 saturated carbocycles. The predicted molar refractivity (Wildman–Crippen MR) is 82.7 cm³/mol. The molecule has 1 aromatic heterocycles. The standard InChI is InChI=1S/C18H18O3/c1-11-7-8-13(9-15(11)20-3)17(19)16-10-14-6-4-5-12(2)18(14)21-16/h4-10,17,19H,1-3H3. The molecule has 3 aromatic rings. The van der Waals surface area contributed by atoms with Crippen LogP contribution in [0.25, 0.3) is 11.0 Å². The Morgan fingerprint density at radius 2 is 1.86 bits per heavy atom. The van der Waals surface area contributed by atoms with Crippen molar-refractivity contribution in [3.63, 3.8) is 0 Å². The van der Waals surface area contributed by atoms with Gasteiger partial charge in [-0.3, -0.25) is 0 Å². The minimum atomic E-state index is -0.800. The maximum atomic E-state index is 10.5. The van der Waals surface area contributed by atoms with Crippen molar-refractivity contribution in [1.82, 2.24) is 0 Å². The lowest BCUT2D eigenvalue weighted by atomic mass is 10.0. The number of methoxy groups -OCH3 is 1. The van der Waals surface area contributed by atoms with Crippen LogP contribution in [-0.2, 0) is 0 Å². The lowest BCUT2D eigenvalue weighted by Crippen LogP contribution is -1.99. The average Bonchev–Trinajstić information content (AvgIpc) is 2.92. The van der Waals surface area contributed by atoms with Gasteiger partial charge >= 0.3 is 0 Å². The van der Waals surface area contributed by atoms with Crippen molar-refractivity contribution in [3.8, 4) is 5.75 Å². The van der Waals surface area contributed by atoms with Crippen molar-refractivity contribution >= 4 is 11.0 Å². The van der Waals surface area contributed by atoms with Gasteiger partial charge in [0.2, 0.25) is 0 Å². The van der Waals surface area contributed by atoms with E-state index in [1.165, 1.54) is 0 Å². The topological polar surface area (TPSA) is 42.6 Å². The van der Waals surface area contributed by atoms with E-state index in [9.17, 15) is 5.11 Å². The van der Waals surface area contributed by atoms with Crippen LogP contribution in [0.5, 0.6) is 5.75 Å². The van der Waals surface area contributed by atoms with Crippen molar-refractivity contribution in [2.45, 2.75) is 20.0 Å². The van der Waals surface area contributed by atoms with Crippen LogP contribution in [0.15, 0.2) is 46.9 Å². The van der Waals surface area contributed by atoms with Crippen molar-refractivity contribution in [2.75, 3.05) is 7.11 Å². The summed E-state index contributed by atoms with van der Waals surface area (Å²) in [5.74, 6) is 1.31. The predicted octanol–water partition coefficient (Wildman–Crippen LogP) is 4.14. The highest BCUT2D eigenvalue weighted by Gasteiger charge is 2.17. The zero-order valence-corrected chi connectivity index (χ0v) is 12.4. The van der Waals surface area contributed by atoms with Gasteiger partial charge in [0, 0.05) is 5.39 Å². The lowest BCUT2D eigenvalue weighted by Gasteiger charge is -2.11. The molecule has 0 radical (unpaired) electrons. The third-order valence-corrected chi connectivity index (χ3v) is 3.78. The van der Waals surface area contributed by atoms with Gasteiger partial charge in [0.25, 0.3) is 0 Å². The number of benzene rings is 2. The third kappa shape index (κ3) is 2.41. The Balaban J connectivity index is 2.03. The number of hydrogen-bond donors (Lipinski definition) is 1. The molecule has 0 fully saturated rings. The molecule has 1 heterocycles. The summed E-state index contributed by atoms with van der Waals surface area (Å²) in [6, 6.07) is 13.5. The third-order valence-electron chi connectivity index (χ3n) is 3.78. The van der Waals surface area contributed by atoms with Gasteiger partial charge in [-0.15, -0.1) is 0 Å². The molecule has 0 aliphatic rings. The van der Waals surface area contributed by atoms with E-state index in [1.54, 1.807) is 7.11 Å². The van der Waals surface area contributed by atoms with Gasteiger partial charge in [-0.2, -0.15) is 0 Å². The Hall–Kier alpha value is -2.26. The highest BCUT2D eigenvalue weighted by molar-refractivity contribution is 5.81. The Morgan fingerprint density at radius 3 is 2.57 bits per heavy atom. The van der Waals surface area contributed by atoms with E-state index in [-0.39, 0.29) is 0 Å². The Kier molecular flexibility index (Phi) is 3.43. The highest BCUT2D eigenvalue weighted by Crippen LogP contribution is 2.31. The molecule has 0 aliphatic heterocycles. The first-order chi connectivity index (χ1) is 10.1. The molecule has 108 valence electrons. The van der Waals surface area contributed by atoms with Gasteiger partial charge in [-0.25, -0.2) is 0 Å². The van der Waals surface area contributed by atoms with Crippen LogP contribution in [0.2, 0.25) is 0 Å². The van der Waals surface area contributed by atoms with E-state index in [2.05, 4.69) is 0 Å². The fourth-order valence-electron chi connectivity index (χ4n) is 2.53. The van der Waals surface area contributed by atoms with Gasteiger partial charge in [0.05, 0.1) is 7.11 Å². The smallest absolute Gasteiger partial charge is 0.138 e. The fraction of sp³-hybridized carbons (Fsp3) is 0.222. The maximum absolute atomic E-state index is 10.5. The second kappa shape index (κ2) is 5.26. The summed E-state index contributed by atoms with van der Waals surface area (Å²) < 4.78 is 11.1.